The maximum absolute atomic E-state index is 10.4. The van der Waals surface area contributed by atoms with Crippen LogP contribution in [0.4, 0.5) is 0 Å². The number of hydrogen-bond donors (Lipinski definition) is 2. The zero-order valence-corrected chi connectivity index (χ0v) is 16.6. The molecule has 1 radical (unpaired) electrons. The molecule has 1 aromatic rings. The summed E-state index contributed by atoms with van der Waals surface area (Å²) in [6.45, 7) is 0. The molecule has 3 aliphatic carbocycles. The quantitative estimate of drug-likeness (QED) is 0.542. The van der Waals surface area contributed by atoms with Crippen molar-refractivity contribution in [1.82, 2.24) is 0 Å². The number of phenols is 1. The van der Waals surface area contributed by atoms with Crippen LogP contribution in [0.15, 0.2) is 24.3 Å². The Morgan fingerprint density at radius 2 is 2.10 bits per heavy atom. The molecule has 0 saturated heterocycles. The fourth-order valence-electron chi connectivity index (χ4n) is 5.38. The summed E-state index contributed by atoms with van der Waals surface area (Å²) >= 11 is 0. The minimum Gasteiger partial charge on any atom is -0.504 e. The molecule has 5 rings (SSSR count). The summed E-state index contributed by atoms with van der Waals surface area (Å²) in [5.41, 5.74) is 2.43. The summed E-state index contributed by atoms with van der Waals surface area (Å²) in [5, 5.41) is 20.6. The van der Waals surface area contributed by atoms with Crippen LogP contribution in [-0.2, 0) is 11.8 Å². The van der Waals surface area contributed by atoms with Gasteiger partial charge in [0.2, 0.25) is 0 Å². The van der Waals surface area contributed by atoms with Gasteiger partial charge in [-0.2, -0.15) is 0 Å². The van der Waals surface area contributed by atoms with Crippen LogP contribution in [0.2, 0.25) is 0 Å². The Morgan fingerprint density at radius 1 is 1.24 bits per heavy atom. The molecule has 2 bridgehead atoms. The van der Waals surface area contributed by atoms with Crippen molar-refractivity contribution >= 4 is 0 Å². The number of aliphatic hydroxyl groups is 1. The molecule has 1 aromatic carbocycles. The van der Waals surface area contributed by atoms with E-state index in [1.165, 1.54) is 24.0 Å². The first-order valence-corrected chi connectivity index (χ1v) is 7.60. The van der Waals surface area contributed by atoms with Crippen LogP contribution in [0.5, 0.6) is 11.5 Å². The van der Waals surface area contributed by atoms with E-state index in [1.54, 1.807) is 6.07 Å². The molecule has 0 amide bonds. The molecule has 1 saturated carbocycles. The number of rotatable bonds is 0. The number of hydrogen-bond acceptors (Lipinski definition) is 3. The monoisotopic (exact) mass is 497 g/mol. The molecule has 2 N–H and O–H groups in total. The number of benzene rings is 1. The Bertz CT molecular complexity index is 641. The predicted molar refractivity (Wildman–Crippen MR) is 73.9 cm³/mol. The van der Waals surface area contributed by atoms with Gasteiger partial charge < -0.3 is 14.9 Å². The van der Waals surface area contributed by atoms with E-state index in [2.05, 4.69) is 12.1 Å². The molecular formula is C17H18AcO3. The molecule has 3 nitrogen and oxygen atoms in total. The third-order valence-corrected chi connectivity index (χ3v) is 6.02. The maximum Gasteiger partial charge on any atom is 0.165 e. The smallest absolute Gasteiger partial charge is 0.165 e. The van der Waals surface area contributed by atoms with Crippen LogP contribution >= 0.6 is 0 Å². The maximum atomic E-state index is 10.4. The summed E-state index contributed by atoms with van der Waals surface area (Å²) in [7, 11) is 0. The van der Waals surface area contributed by atoms with E-state index in [1.807, 2.05) is 6.08 Å². The summed E-state index contributed by atoms with van der Waals surface area (Å²) in [5.74, 6) is 1.98. The van der Waals surface area contributed by atoms with E-state index in [-0.39, 0.29) is 61.3 Å². The van der Waals surface area contributed by atoms with Crippen molar-refractivity contribution < 1.29 is 59.0 Å². The molecule has 0 aromatic heterocycles. The SMILES string of the molecule is Oc1ccc2c3c1O[C@H]1[C@@H](O)C=C[C@H]4[C@H](CCC[C@@]341)C2.[Ac]. The van der Waals surface area contributed by atoms with Crippen LogP contribution in [0.25, 0.3) is 0 Å². The third kappa shape index (κ3) is 1.62. The number of allylic oxidation sites excluding steroid dienone is 1. The van der Waals surface area contributed by atoms with E-state index in [4.69, 9.17) is 4.74 Å². The summed E-state index contributed by atoms with van der Waals surface area (Å²) in [6.07, 6.45) is 7.92. The summed E-state index contributed by atoms with van der Waals surface area (Å²) in [6, 6.07) is 3.80. The van der Waals surface area contributed by atoms with Crippen molar-refractivity contribution in [2.75, 3.05) is 0 Å². The van der Waals surface area contributed by atoms with Gasteiger partial charge in [0.05, 0.1) is 0 Å². The molecular weight excluding hydrogens is 479 g/mol. The van der Waals surface area contributed by atoms with Gasteiger partial charge >= 0.3 is 0 Å². The third-order valence-electron chi connectivity index (χ3n) is 6.02. The summed E-state index contributed by atoms with van der Waals surface area (Å²) < 4.78 is 6.07. The molecule has 1 aliphatic heterocycles. The second-order valence-electron chi connectivity index (χ2n) is 6.78. The van der Waals surface area contributed by atoms with Gasteiger partial charge in [-0.25, -0.2) is 0 Å². The van der Waals surface area contributed by atoms with Gasteiger partial charge in [-0.1, -0.05) is 24.6 Å². The Balaban J connectivity index is 0.00000115. The van der Waals surface area contributed by atoms with Crippen molar-refractivity contribution in [1.29, 1.82) is 0 Å². The Hall–Kier alpha value is -0.0384. The largest absolute Gasteiger partial charge is 0.504 e. The Morgan fingerprint density at radius 3 is 2.95 bits per heavy atom. The van der Waals surface area contributed by atoms with Gasteiger partial charge in [0.25, 0.3) is 0 Å². The molecule has 4 heteroatoms. The molecule has 4 aliphatic rings. The van der Waals surface area contributed by atoms with Gasteiger partial charge in [0.15, 0.2) is 11.5 Å². The minimum absolute atomic E-state index is 0. The normalized spacial score (nSPS) is 41.0. The predicted octanol–water partition coefficient (Wildman–Crippen LogP) is 2.29. The van der Waals surface area contributed by atoms with Gasteiger partial charge in [-0.05, 0) is 42.7 Å². The van der Waals surface area contributed by atoms with E-state index >= 15 is 0 Å². The van der Waals surface area contributed by atoms with Crippen molar-refractivity contribution in [3.8, 4) is 11.5 Å². The second-order valence-corrected chi connectivity index (χ2v) is 6.78. The molecule has 107 valence electrons. The molecule has 1 spiro atoms. The van der Waals surface area contributed by atoms with Crippen molar-refractivity contribution in [2.24, 2.45) is 11.8 Å². The molecule has 1 fully saturated rings. The van der Waals surface area contributed by atoms with Gasteiger partial charge in [-0.3, -0.25) is 0 Å². The van der Waals surface area contributed by atoms with E-state index in [9.17, 15) is 10.2 Å². The van der Waals surface area contributed by atoms with Crippen LogP contribution in [0.1, 0.15) is 30.4 Å². The minimum atomic E-state index is -0.567. The number of aromatic hydroxyl groups is 1. The van der Waals surface area contributed by atoms with Gasteiger partial charge in [0.1, 0.15) is 12.2 Å². The summed E-state index contributed by atoms with van der Waals surface area (Å²) in [4.78, 5) is 0. The number of phenolic OH excluding ortho intramolecular Hbond substituents is 1. The van der Waals surface area contributed by atoms with Crippen LogP contribution in [0, 0.1) is 55.9 Å². The topological polar surface area (TPSA) is 49.7 Å². The fraction of sp³-hybridized carbons (Fsp3) is 0.529. The zero-order valence-electron chi connectivity index (χ0n) is 11.8. The first-order valence-electron chi connectivity index (χ1n) is 7.60. The Kier molecular flexibility index (Phi) is 3.28. The first kappa shape index (κ1) is 14.5. The second kappa shape index (κ2) is 4.73. The fourth-order valence-corrected chi connectivity index (χ4v) is 5.38. The van der Waals surface area contributed by atoms with Gasteiger partial charge in [-0.15, -0.1) is 0 Å². The number of ether oxygens (including phenoxy) is 1. The van der Waals surface area contributed by atoms with E-state index in [0.29, 0.717) is 17.6 Å². The zero-order chi connectivity index (χ0) is 13.5. The van der Waals surface area contributed by atoms with Crippen LogP contribution in [0.3, 0.4) is 0 Å². The Labute approximate surface area is 159 Å². The standard InChI is InChI=1S/C17H18O3.Ac/c18-12-5-3-10-8-9-2-1-7-17-11(9)4-6-13(19)16(17)20-15(12)14(10)17;/h3-6,9,11,13,16,18-19H,1-2,7-8H2;/t9-,11+,13+,16+,17+;/m1./s1. The molecule has 5 atom stereocenters. The molecule has 0 unspecified atom stereocenters. The molecule has 21 heavy (non-hydrogen) atoms. The van der Waals surface area contributed by atoms with E-state index < -0.39 is 6.10 Å². The first-order chi connectivity index (χ1) is 9.72. The van der Waals surface area contributed by atoms with Gasteiger partial charge in [0, 0.05) is 55.0 Å². The number of aliphatic hydroxyl groups excluding tert-OH is 1. The average Bonchev–Trinajstić information content (AvgIpc) is 2.78. The van der Waals surface area contributed by atoms with Crippen LogP contribution < -0.4 is 4.74 Å². The average molecular weight is 497 g/mol. The van der Waals surface area contributed by atoms with Crippen molar-refractivity contribution in [3.63, 3.8) is 0 Å². The molecule has 1 heterocycles. The van der Waals surface area contributed by atoms with Crippen molar-refractivity contribution in [3.05, 3.63) is 35.4 Å². The van der Waals surface area contributed by atoms with E-state index in [0.717, 1.165) is 12.8 Å². The van der Waals surface area contributed by atoms with Crippen LogP contribution in [-0.4, -0.2) is 22.4 Å². The van der Waals surface area contributed by atoms with Crippen molar-refractivity contribution in [2.45, 2.75) is 43.3 Å².